The molecule has 1 N–H and O–H groups in total. The van der Waals surface area contributed by atoms with Crippen LogP contribution in [0.2, 0.25) is 5.02 Å². The monoisotopic (exact) mass is 328 g/mol. The lowest BCUT2D eigenvalue weighted by molar-refractivity contribution is -0.121. The molecule has 1 atom stereocenters. The van der Waals surface area contributed by atoms with Gasteiger partial charge in [-0.2, -0.15) is 0 Å². The number of alkyl halides is 1. The van der Waals surface area contributed by atoms with Gasteiger partial charge in [-0.15, -0.1) is 11.6 Å². The van der Waals surface area contributed by atoms with Crippen LogP contribution in [0.4, 0.5) is 0 Å². The number of aryl methyl sites for hydroxylation is 1. The molecule has 0 aliphatic carbocycles. The van der Waals surface area contributed by atoms with Gasteiger partial charge in [0.1, 0.15) is 11.3 Å². The summed E-state index contributed by atoms with van der Waals surface area (Å²) in [5.74, 6) is 0.688. The van der Waals surface area contributed by atoms with Crippen molar-refractivity contribution in [1.29, 1.82) is 0 Å². The standard InChI is InChI=1S/C14H18Cl2N4O/c1-8(2)18-12(21)4-5-20-13(9(3)15)19-11-6-10(16)7-17-14(11)20/h6-9H,4-5H2,1-3H3,(H,18,21). The van der Waals surface area contributed by atoms with Crippen molar-refractivity contribution < 1.29 is 4.79 Å². The van der Waals surface area contributed by atoms with Gasteiger partial charge in [-0.3, -0.25) is 4.79 Å². The zero-order valence-electron chi connectivity index (χ0n) is 12.2. The Bertz CT molecular complexity index is 652. The molecule has 0 bridgehead atoms. The molecular weight excluding hydrogens is 311 g/mol. The quantitative estimate of drug-likeness (QED) is 0.856. The first-order valence-electron chi connectivity index (χ1n) is 6.83. The van der Waals surface area contributed by atoms with E-state index in [1.54, 1.807) is 12.3 Å². The van der Waals surface area contributed by atoms with Crippen LogP contribution in [0.3, 0.4) is 0 Å². The topological polar surface area (TPSA) is 59.8 Å². The van der Waals surface area contributed by atoms with E-state index in [1.165, 1.54) is 0 Å². The summed E-state index contributed by atoms with van der Waals surface area (Å²) in [6, 6.07) is 1.87. The molecule has 0 saturated heterocycles. The van der Waals surface area contributed by atoms with E-state index >= 15 is 0 Å². The van der Waals surface area contributed by atoms with Crippen molar-refractivity contribution in [3.8, 4) is 0 Å². The van der Waals surface area contributed by atoms with Crippen LogP contribution in [0.1, 0.15) is 38.4 Å². The van der Waals surface area contributed by atoms with Crippen LogP contribution in [0.15, 0.2) is 12.3 Å². The predicted molar refractivity (Wildman–Crippen MR) is 84.7 cm³/mol. The number of amides is 1. The van der Waals surface area contributed by atoms with Gasteiger partial charge in [-0.1, -0.05) is 11.6 Å². The van der Waals surface area contributed by atoms with Gasteiger partial charge >= 0.3 is 0 Å². The van der Waals surface area contributed by atoms with E-state index in [0.29, 0.717) is 35.0 Å². The maximum atomic E-state index is 11.8. The Kier molecular flexibility index (Phi) is 5.06. The fraction of sp³-hybridized carbons (Fsp3) is 0.500. The van der Waals surface area contributed by atoms with E-state index in [9.17, 15) is 4.79 Å². The third-order valence-corrected chi connectivity index (χ3v) is 3.35. The summed E-state index contributed by atoms with van der Waals surface area (Å²) in [5, 5.41) is 3.12. The highest BCUT2D eigenvalue weighted by Gasteiger charge is 2.17. The highest BCUT2D eigenvalue weighted by molar-refractivity contribution is 6.31. The fourth-order valence-electron chi connectivity index (χ4n) is 2.14. The van der Waals surface area contributed by atoms with Gasteiger partial charge in [0.25, 0.3) is 0 Å². The number of fused-ring (bicyclic) bond motifs is 1. The lowest BCUT2D eigenvalue weighted by Crippen LogP contribution is -2.30. The van der Waals surface area contributed by atoms with Crippen LogP contribution >= 0.6 is 23.2 Å². The third-order valence-electron chi connectivity index (χ3n) is 2.95. The molecule has 0 aliphatic heterocycles. The summed E-state index contributed by atoms with van der Waals surface area (Å²) in [4.78, 5) is 20.6. The molecule has 0 spiro atoms. The Morgan fingerprint density at radius 3 is 2.76 bits per heavy atom. The van der Waals surface area contributed by atoms with Crippen LogP contribution in [-0.4, -0.2) is 26.5 Å². The number of rotatable bonds is 5. The maximum Gasteiger partial charge on any atom is 0.221 e. The fourth-order valence-corrected chi connectivity index (χ4v) is 2.45. The Morgan fingerprint density at radius 2 is 2.14 bits per heavy atom. The lowest BCUT2D eigenvalue weighted by Gasteiger charge is -2.11. The van der Waals surface area contributed by atoms with E-state index in [1.807, 2.05) is 25.3 Å². The number of pyridine rings is 1. The predicted octanol–water partition coefficient (Wildman–Crippen LogP) is 3.30. The number of aromatic nitrogens is 3. The maximum absolute atomic E-state index is 11.8. The molecular formula is C14H18Cl2N4O. The van der Waals surface area contributed by atoms with Gasteiger partial charge in [0.2, 0.25) is 5.91 Å². The van der Waals surface area contributed by atoms with Gasteiger partial charge in [0.15, 0.2) is 5.65 Å². The van der Waals surface area contributed by atoms with Crippen LogP contribution < -0.4 is 5.32 Å². The number of halogens is 2. The van der Waals surface area contributed by atoms with Crippen LogP contribution in [0.5, 0.6) is 0 Å². The average molecular weight is 329 g/mol. The number of hydrogen-bond acceptors (Lipinski definition) is 3. The molecule has 21 heavy (non-hydrogen) atoms. The van der Waals surface area contributed by atoms with Crippen molar-refractivity contribution in [2.24, 2.45) is 0 Å². The minimum Gasteiger partial charge on any atom is -0.354 e. The molecule has 2 rings (SSSR count). The van der Waals surface area contributed by atoms with Crippen molar-refractivity contribution in [3.05, 3.63) is 23.1 Å². The van der Waals surface area contributed by atoms with Crippen molar-refractivity contribution in [1.82, 2.24) is 19.9 Å². The minimum atomic E-state index is -0.272. The number of nitrogens with zero attached hydrogens (tertiary/aromatic N) is 3. The van der Waals surface area contributed by atoms with Crippen LogP contribution in [0.25, 0.3) is 11.2 Å². The zero-order valence-corrected chi connectivity index (χ0v) is 13.7. The Labute approximate surface area is 133 Å². The molecule has 2 aromatic rings. The third kappa shape index (κ3) is 3.86. The summed E-state index contributed by atoms with van der Waals surface area (Å²) in [7, 11) is 0. The number of hydrogen-bond donors (Lipinski definition) is 1. The molecule has 0 fully saturated rings. The molecule has 1 amide bonds. The summed E-state index contributed by atoms with van der Waals surface area (Å²) in [6.45, 7) is 6.19. The number of carbonyl (C=O) groups is 1. The van der Waals surface area contributed by atoms with Crippen molar-refractivity contribution in [2.45, 2.75) is 45.2 Å². The van der Waals surface area contributed by atoms with E-state index in [0.717, 1.165) is 0 Å². The Morgan fingerprint density at radius 1 is 1.43 bits per heavy atom. The first-order valence-corrected chi connectivity index (χ1v) is 7.65. The molecule has 0 saturated carbocycles. The summed E-state index contributed by atoms with van der Waals surface area (Å²) >= 11 is 12.1. The van der Waals surface area contributed by atoms with Gasteiger partial charge < -0.3 is 9.88 Å². The van der Waals surface area contributed by atoms with Crippen LogP contribution in [-0.2, 0) is 11.3 Å². The minimum absolute atomic E-state index is 0.00557. The molecule has 114 valence electrons. The van der Waals surface area contributed by atoms with E-state index in [4.69, 9.17) is 23.2 Å². The van der Waals surface area contributed by atoms with Crippen LogP contribution in [0, 0.1) is 0 Å². The smallest absolute Gasteiger partial charge is 0.221 e. The molecule has 2 aromatic heterocycles. The Hall–Kier alpha value is -1.33. The van der Waals surface area contributed by atoms with Crippen molar-refractivity contribution in [2.75, 3.05) is 0 Å². The first kappa shape index (κ1) is 16.0. The van der Waals surface area contributed by atoms with Gasteiger partial charge in [-0.05, 0) is 26.8 Å². The normalized spacial score (nSPS) is 12.9. The van der Waals surface area contributed by atoms with E-state index in [-0.39, 0.29) is 17.3 Å². The van der Waals surface area contributed by atoms with Crippen molar-refractivity contribution in [3.63, 3.8) is 0 Å². The second-order valence-corrected chi connectivity index (χ2v) is 6.30. The van der Waals surface area contributed by atoms with E-state index in [2.05, 4.69) is 15.3 Å². The Balaban J connectivity index is 2.28. The molecule has 5 nitrogen and oxygen atoms in total. The highest BCUT2D eigenvalue weighted by Crippen LogP contribution is 2.25. The number of carbonyl (C=O) groups excluding carboxylic acids is 1. The van der Waals surface area contributed by atoms with Gasteiger partial charge in [0, 0.05) is 25.2 Å². The number of imidazole rings is 1. The summed E-state index contributed by atoms with van der Waals surface area (Å²) in [5.41, 5.74) is 1.38. The summed E-state index contributed by atoms with van der Waals surface area (Å²) in [6.07, 6.45) is 1.92. The number of nitrogens with one attached hydrogen (secondary N) is 1. The SMILES string of the molecule is CC(C)NC(=O)CCn1c(C(C)Cl)nc2cc(Cl)cnc21. The highest BCUT2D eigenvalue weighted by atomic mass is 35.5. The lowest BCUT2D eigenvalue weighted by atomic mass is 10.3. The molecule has 7 heteroatoms. The second kappa shape index (κ2) is 6.62. The zero-order chi connectivity index (χ0) is 15.6. The van der Waals surface area contributed by atoms with Gasteiger partial charge in [0.05, 0.1) is 10.4 Å². The van der Waals surface area contributed by atoms with Crippen molar-refractivity contribution >= 4 is 40.3 Å². The largest absolute Gasteiger partial charge is 0.354 e. The first-order chi connectivity index (χ1) is 9.88. The molecule has 2 heterocycles. The molecule has 1 unspecified atom stereocenters. The van der Waals surface area contributed by atoms with E-state index < -0.39 is 0 Å². The molecule has 0 aliphatic rings. The summed E-state index contributed by atoms with van der Waals surface area (Å²) < 4.78 is 1.88. The second-order valence-electron chi connectivity index (χ2n) is 5.21. The van der Waals surface area contributed by atoms with Gasteiger partial charge in [-0.25, -0.2) is 9.97 Å². The molecule has 0 radical (unpaired) electrons. The average Bonchev–Trinajstić information content (AvgIpc) is 2.73. The molecule has 0 aromatic carbocycles.